The lowest BCUT2D eigenvalue weighted by molar-refractivity contribution is 0.729. The molecule has 0 saturated heterocycles. The fraction of sp³-hybridized carbons (Fsp3) is 0.250. The van der Waals surface area contributed by atoms with Crippen molar-refractivity contribution in [1.82, 2.24) is 4.98 Å². The highest BCUT2D eigenvalue weighted by molar-refractivity contribution is 7.09. The van der Waals surface area contributed by atoms with E-state index in [0.29, 0.717) is 16.5 Å². The maximum Gasteiger partial charge on any atom is 0.0798 e. The average molecular weight is 287 g/mol. The molecule has 0 spiro atoms. The first kappa shape index (κ1) is 12.8. The van der Waals surface area contributed by atoms with Crippen molar-refractivity contribution in [2.75, 3.05) is 0 Å². The van der Waals surface area contributed by atoms with Crippen LogP contribution in [-0.4, -0.2) is 4.98 Å². The summed E-state index contributed by atoms with van der Waals surface area (Å²) in [5.74, 6) is 0. The number of halogens is 2. The third-order valence-electron chi connectivity index (χ3n) is 2.59. The summed E-state index contributed by atoms with van der Waals surface area (Å²) in [5.41, 5.74) is 9.93. The van der Waals surface area contributed by atoms with Gasteiger partial charge < -0.3 is 5.73 Å². The molecular formula is C12H12Cl2N2S. The second kappa shape index (κ2) is 5.36. The predicted molar refractivity (Wildman–Crippen MR) is 73.9 cm³/mol. The van der Waals surface area contributed by atoms with Crippen molar-refractivity contribution in [3.63, 3.8) is 0 Å². The maximum absolute atomic E-state index is 6.16. The van der Waals surface area contributed by atoms with E-state index in [1.807, 2.05) is 24.6 Å². The fourth-order valence-corrected chi connectivity index (χ4v) is 2.91. The molecule has 90 valence electrons. The van der Waals surface area contributed by atoms with Crippen LogP contribution in [0.25, 0.3) is 0 Å². The zero-order chi connectivity index (χ0) is 12.4. The van der Waals surface area contributed by atoms with E-state index in [1.54, 1.807) is 17.4 Å². The number of nitrogens with two attached hydrogens (primary N) is 1. The maximum atomic E-state index is 6.16. The summed E-state index contributed by atoms with van der Waals surface area (Å²) < 4.78 is 0. The monoisotopic (exact) mass is 286 g/mol. The fourth-order valence-electron chi connectivity index (χ4n) is 1.70. The molecule has 0 radical (unpaired) electrons. The highest BCUT2D eigenvalue weighted by Gasteiger charge is 2.14. The van der Waals surface area contributed by atoms with Crippen molar-refractivity contribution in [2.45, 2.75) is 19.4 Å². The number of hydrogen-bond donors (Lipinski definition) is 1. The van der Waals surface area contributed by atoms with Gasteiger partial charge in [-0.2, -0.15) is 0 Å². The SMILES string of the molecule is Cc1ncsc1C(N)Cc1cccc(Cl)c1Cl. The molecule has 2 nitrogen and oxygen atoms in total. The Balaban J connectivity index is 2.22. The number of nitrogens with zero attached hydrogens (tertiary/aromatic N) is 1. The van der Waals surface area contributed by atoms with Gasteiger partial charge in [-0.15, -0.1) is 11.3 Å². The van der Waals surface area contributed by atoms with Gasteiger partial charge in [0.05, 0.1) is 21.2 Å². The molecule has 17 heavy (non-hydrogen) atoms. The summed E-state index contributed by atoms with van der Waals surface area (Å²) in [4.78, 5) is 5.30. The minimum absolute atomic E-state index is 0.0848. The molecule has 2 rings (SSSR count). The van der Waals surface area contributed by atoms with Crippen LogP contribution < -0.4 is 5.73 Å². The normalized spacial score (nSPS) is 12.7. The Morgan fingerprint density at radius 2 is 2.18 bits per heavy atom. The van der Waals surface area contributed by atoms with Gasteiger partial charge in [-0.3, -0.25) is 0 Å². The second-order valence-corrected chi connectivity index (χ2v) is 5.50. The van der Waals surface area contributed by atoms with Crippen molar-refractivity contribution >= 4 is 34.5 Å². The second-order valence-electron chi connectivity index (χ2n) is 3.83. The molecule has 2 N–H and O–H groups in total. The van der Waals surface area contributed by atoms with Crippen LogP contribution in [0.4, 0.5) is 0 Å². The van der Waals surface area contributed by atoms with E-state index < -0.39 is 0 Å². The Labute approximate surface area is 114 Å². The van der Waals surface area contributed by atoms with Crippen LogP contribution in [0.3, 0.4) is 0 Å². The lowest BCUT2D eigenvalue weighted by Crippen LogP contribution is -2.13. The highest BCUT2D eigenvalue weighted by atomic mass is 35.5. The first-order chi connectivity index (χ1) is 8.09. The Morgan fingerprint density at radius 3 is 2.82 bits per heavy atom. The first-order valence-electron chi connectivity index (χ1n) is 5.18. The number of benzene rings is 1. The van der Waals surface area contributed by atoms with Crippen LogP contribution in [0.2, 0.25) is 10.0 Å². The van der Waals surface area contributed by atoms with E-state index in [4.69, 9.17) is 28.9 Å². The van der Waals surface area contributed by atoms with Gasteiger partial charge in [0.2, 0.25) is 0 Å². The predicted octanol–water partition coefficient (Wildman–Crippen LogP) is 4.00. The van der Waals surface area contributed by atoms with Crippen LogP contribution in [0.5, 0.6) is 0 Å². The van der Waals surface area contributed by atoms with E-state index >= 15 is 0 Å². The van der Waals surface area contributed by atoms with Gasteiger partial charge >= 0.3 is 0 Å². The molecule has 1 atom stereocenters. The smallest absolute Gasteiger partial charge is 0.0798 e. The number of rotatable bonds is 3. The molecule has 2 aromatic rings. The summed E-state index contributed by atoms with van der Waals surface area (Å²) >= 11 is 13.7. The van der Waals surface area contributed by atoms with Gasteiger partial charge in [-0.1, -0.05) is 35.3 Å². The zero-order valence-corrected chi connectivity index (χ0v) is 11.6. The average Bonchev–Trinajstić information content (AvgIpc) is 2.71. The first-order valence-corrected chi connectivity index (χ1v) is 6.81. The number of hydrogen-bond acceptors (Lipinski definition) is 3. The lowest BCUT2D eigenvalue weighted by atomic mass is 10.0. The van der Waals surface area contributed by atoms with Gasteiger partial charge in [0.25, 0.3) is 0 Å². The highest BCUT2D eigenvalue weighted by Crippen LogP contribution is 2.30. The Morgan fingerprint density at radius 1 is 1.41 bits per heavy atom. The van der Waals surface area contributed by atoms with Crippen molar-refractivity contribution < 1.29 is 0 Å². The van der Waals surface area contributed by atoms with E-state index in [1.165, 1.54) is 0 Å². The molecule has 5 heteroatoms. The summed E-state index contributed by atoms with van der Waals surface area (Å²) in [6, 6.07) is 5.52. The molecule has 0 aliphatic heterocycles. The molecule has 1 unspecified atom stereocenters. The van der Waals surface area contributed by atoms with Crippen molar-refractivity contribution in [2.24, 2.45) is 5.73 Å². The summed E-state index contributed by atoms with van der Waals surface area (Å²) in [6.07, 6.45) is 0.669. The quantitative estimate of drug-likeness (QED) is 0.926. The van der Waals surface area contributed by atoms with Crippen LogP contribution in [0.15, 0.2) is 23.7 Å². The van der Waals surface area contributed by atoms with Crippen molar-refractivity contribution in [1.29, 1.82) is 0 Å². The Hall–Kier alpha value is -0.610. The zero-order valence-electron chi connectivity index (χ0n) is 9.28. The minimum Gasteiger partial charge on any atom is -0.323 e. The molecule has 1 aromatic heterocycles. The van der Waals surface area contributed by atoms with E-state index in [0.717, 1.165) is 16.1 Å². The third kappa shape index (κ3) is 2.80. The summed E-state index contributed by atoms with van der Waals surface area (Å²) in [6.45, 7) is 1.96. The summed E-state index contributed by atoms with van der Waals surface area (Å²) in [5, 5.41) is 1.16. The van der Waals surface area contributed by atoms with Crippen LogP contribution in [-0.2, 0) is 6.42 Å². The molecule has 1 heterocycles. The molecular weight excluding hydrogens is 275 g/mol. The van der Waals surface area contributed by atoms with Crippen LogP contribution in [0, 0.1) is 6.92 Å². The topological polar surface area (TPSA) is 38.9 Å². The molecule has 0 aliphatic carbocycles. The Bertz CT molecular complexity index is 525. The standard InChI is InChI=1S/C12H12Cl2N2S/c1-7-12(17-6-16-7)10(15)5-8-3-2-4-9(13)11(8)14/h2-4,6,10H,5,15H2,1H3. The largest absolute Gasteiger partial charge is 0.323 e. The number of aromatic nitrogens is 1. The van der Waals surface area contributed by atoms with Gasteiger partial charge in [0, 0.05) is 10.9 Å². The summed E-state index contributed by atoms with van der Waals surface area (Å²) in [7, 11) is 0. The molecule has 0 bridgehead atoms. The molecule has 0 saturated carbocycles. The molecule has 0 amide bonds. The van der Waals surface area contributed by atoms with E-state index in [9.17, 15) is 0 Å². The lowest BCUT2D eigenvalue weighted by Gasteiger charge is -2.12. The van der Waals surface area contributed by atoms with Gasteiger partial charge in [-0.05, 0) is 25.0 Å². The van der Waals surface area contributed by atoms with Crippen molar-refractivity contribution in [3.8, 4) is 0 Å². The molecule has 0 fully saturated rings. The van der Waals surface area contributed by atoms with Crippen LogP contribution >= 0.6 is 34.5 Å². The van der Waals surface area contributed by atoms with Gasteiger partial charge in [0.15, 0.2) is 0 Å². The van der Waals surface area contributed by atoms with Crippen LogP contribution in [0.1, 0.15) is 22.2 Å². The molecule has 1 aromatic carbocycles. The molecule has 0 aliphatic rings. The van der Waals surface area contributed by atoms with Crippen molar-refractivity contribution in [3.05, 3.63) is 49.9 Å². The van der Waals surface area contributed by atoms with E-state index in [-0.39, 0.29) is 6.04 Å². The Kier molecular flexibility index (Phi) is 4.05. The van der Waals surface area contributed by atoms with Gasteiger partial charge in [-0.25, -0.2) is 4.98 Å². The number of thiazole rings is 1. The number of aryl methyl sites for hydroxylation is 1. The minimum atomic E-state index is -0.0848. The van der Waals surface area contributed by atoms with E-state index in [2.05, 4.69) is 4.98 Å². The van der Waals surface area contributed by atoms with Gasteiger partial charge in [0.1, 0.15) is 0 Å². The third-order valence-corrected chi connectivity index (χ3v) is 4.51.